The van der Waals surface area contributed by atoms with Crippen molar-refractivity contribution in [2.24, 2.45) is 0 Å². The minimum absolute atomic E-state index is 0.0470. The second-order valence-electron chi connectivity index (χ2n) is 5.83. The number of methoxy groups -OCH3 is 2. The Kier molecular flexibility index (Phi) is 3.95. The molecule has 0 fully saturated rings. The molecule has 2 aromatic carbocycles. The molecular formula is C18H16BrNO5. The van der Waals surface area contributed by atoms with Crippen molar-refractivity contribution in [3.05, 3.63) is 39.9 Å². The van der Waals surface area contributed by atoms with Crippen LogP contribution >= 0.6 is 15.9 Å². The summed E-state index contributed by atoms with van der Waals surface area (Å²) in [4.78, 5) is 12.3. The van der Waals surface area contributed by atoms with Gasteiger partial charge in [0, 0.05) is 28.6 Å². The number of hydrogen-bond acceptors (Lipinski definition) is 5. The van der Waals surface area contributed by atoms with Crippen molar-refractivity contribution in [3.8, 4) is 23.0 Å². The minimum Gasteiger partial charge on any atom is -0.493 e. The van der Waals surface area contributed by atoms with Crippen molar-refractivity contribution in [2.45, 2.75) is 12.3 Å². The number of halogens is 1. The highest BCUT2D eigenvalue weighted by molar-refractivity contribution is 9.10. The largest absolute Gasteiger partial charge is 0.493 e. The normalized spacial score (nSPS) is 17.7. The van der Waals surface area contributed by atoms with E-state index in [-0.39, 0.29) is 18.6 Å². The molecule has 0 bridgehead atoms. The molecule has 4 rings (SSSR count). The van der Waals surface area contributed by atoms with Gasteiger partial charge in [0.25, 0.3) is 0 Å². The monoisotopic (exact) mass is 405 g/mol. The number of carbonyl (C=O) groups excluding carboxylic acids is 1. The molecule has 0 saturated carbocycles. The number of anilines is 1. The summed E-state index contributed by atoms with van der Waals surface area (Å²) in [6.45, 7) is 0.206. The number of benzene rings is 2. The number of nitrogens with one attached hydrogen (secondary N) is 1. The van der Waals surface area contributed by atoms with E-state index in [2.05, 4.69) is 21.2 Å². The number of carbonyl (C=O) groups is 1. The van der Waals surface area contributed by atoms with Crippen molar-refractivity contribution in [1.29, 1.82) is 0 Å². The topological polar surface area (TPSA) is 66.0 Å². The van der Waals surface area contributed by atoms with Crippen LogP contribution < -0.4 is 24.3 Å². The quantitative estimate of drug-likeness (QED) is 0.843. The van der Waals surface area contributed by atoms with Crippen LogP contribution in [0.5, 0.6) is 23.0 Å². The molecule has 130 valence electrons. The molecule has 2 aromatic rings. The van der Waals surface area contributed by atoms with Gasteiger partial charge in [-0.1, -0.05) is 15.9 Å². The van der Waals surface area contributed by atoms with Crippen molar-refractivity contribution in [3.63, 3.8) is 0 Å². The molecule has 0 radical (unpaired) electrons. The molecule has 0 unspecified atom stereocenters. The third-order valence-corrected chi connectivity index (χ3v) is 5.15. The van der Waals surface area contributed by atoms with Gasteiger partial charge in [0.05, 0.1) is 14.2 Å². The number of ether oxygens (including phenoxy) is 4. The summed E-state index contributed by atoms with van der Waals surface area (Å²) in [5, 5.41) is 2.91. The first-order valence-electron chi connectivity index (χ1n) is 7.75. The summed E-state index contributed by atoms with van der Waals surface area (Å²) in [7, 11) is 3.16. The Bertz CT molecular complexity index is 867. The third kappa shape index (κ3) is 2.68. The number of fused-ring (bicyclic) bond motifs is 2. The molecule has 25 heavy (non-hydrogen) atoms. The summed E-state index contributed by atoms with van der Waals surface area (Å²) in [6.07, 6.45) is 0.334. The van der Waals surface area contributed by atoms with Gasteiger partial charge in [0.15, 0.2) is 23.0 Å². The molecular weight excluding hydrogens is 390 g/mol. The predicted molar refractivity (Wildman–Crippen MR) is 94.9 cm³/mol. The summed E-state index contributed by atoms with van der Waals surface area (Å²) in [6, 6.07) is 7.51. The lowest BCUT2D eigenvalue weighted by Gasteiger charge is -2.28. The maximum absolute atomic E-state index is 12.3. The fourth-order valence-electron chi connectivity index (χ4n) is 3.27. The third-order valence-electron chi connectivity index (χ3n) is 4.46. The molecule has 0 spiro atoms. The molecule has 6 nitrogen and oxygen atoms in total. The lowest BCUT2D eigenvalue weighted by Crippen LogP contribution is -2.24. The molecule has 2 heterocycles. The molecule has 1 amide bonds. The van der Waals surface area contributed by atoms with E-state index in [0.717, 1.165) is 21.3 Å². The Morgan fingerprint density at radius 2 is 1.72 bits per heavy atom. The Hall–Kier alpha value is -2.41. The molecule has 1 atom stereocenters. The van der Waals surface area contributed by atoms with E-state index in [1.165, 1.54) is 0 Å². The number of hydrogen-bond donors (Lipinski definition) is 1. The van der Waals surface area contributed by atoms with Gasteiger partial charge in [-0.05, 0) is 29.3 Å². The fraction of sp³-hybridized carbons (Fsp3) is 0.278. The van der Waals surface area contributed by atoms with Crippen molar-refractivity contribution >= 4 is 27.5 Å². The van der Waals surface area contributed by atoms with Crippen LogP contribution in [0.3, 0.4) is 0 Å². The Balaban J connectivity index is 1.86. The van der Waals surface area contributed by atoms with Crippen LogP contribution in [0.1, 0.15) is 23.5 Å². The van der Waals surface area contributed by atoms with Gasteiger partial charge in [0.2, 0.25) is 12.7 Å². The highest BCUT2D eigenvalue weighted by Gasteiger charge is 2.31. The van der Waals surface area contributed by atoms with E-state index in [9.17, 15) is 4.79 Å². The predicted octanol–water partition coefficient (Wildman–Crippen LogP) is 3.67. The maximum Gasteiger partial charge on any atom is 0.231 e. The highest BCUT2D eigenvalue weighted by atomic mass is 79.9. The Morgan fingerprint density at radius 1 is 1.04 bits per heavy atom. The van der Waals surface area contributed by atoms with Gasteiger partial charge < -0.3 is 24.3 Å². The second-order valence-corrected chi connectivity index (χ2v) is 6.68. The SMILES string of the molecule is COc1cc2c(cc1OC)[C@@H](c1cc3c(cc1Br)OCO3)CC(=O)N2. The number of rotatable bonds is 3. The average Bonchev–Trinajstić information content (AvgIpc) is 3.06. The zero-order valence-electron chi connectivity index (χ0n) is 13.7. The van der Waals surface area contributed by atoms with E-state index >= 15 is 0 Å². The van der Waals surface area contributed by atoms with Gasteiger partial charge in [-0.3, -0.25) is 4.79 Å². The van der Waals surface area contributed by atoms with E-state index in [0.29, 0.717) is 29.4 Å². The van der Waals surface area contributed by atoms with Crippen LogP contribution in [-0.4, -0.2) is 26.9 Å². The lowest BCUT2D eigenvalue weighted by atomic mass is 9.84. The van der Waals surface area contributed by atoms with Gasteiger partial charge in [0.1, 0.15) is 0 Å². The Labute approximate surface area is 153 Å². The van der Waals surface area contributed by atoms with E-state index in [1.807, 2.05) is 18.2 Å². The van der Waals surface area contributed by atoms with E-state index in [1.54, 1.807) is 20.3 Å². The van der Waals surface area contributed by atoms with Gasteiger partial charge in [-0.25, -0.2) is 0 Å². The maximum atomic E-state index is 12.3. The molecule has 0 saturated heterocycles. The standard InChI is InChI=1S/C18H16BrNO5/c1-22-14-4-11-9(5-18(21)20-13(11)7-15(14)23-2)10-3-16-17(6-12(10)19)25-8-24-16/h3-4,6-7,9H,5,8H2,1-2H3,(H,20,21)/t9-/m1/s1. The molecule has 7 heteroatoms. The summed E-state index contributed by atoms with van der Waals surface area (Å²) in [5.74, 6) is 2.41. The first kappa shape index (κ1) is 16.1. The van der Waals surface area contributed by atoms with E-state index in [4.69, 9.17) is 18.9 Å². The zero-order chi connectivity index (χ0) is 17.6. The van der Waals surface area contributed by atoms with Gasteiger partial charge in [-0.2, -0.15) is 0 Å². The van der Waals surface area contributed by atoms with Crippen LogP contribution in [0.15, 0.2) is 28.7 Å². The molecule has 2 aliphatic heterocycles. The van der Waals surface area contributed by atoms with Crippen molar-refractivity contribution in [2.75, 3.05) is 26.3 Å². The Morgan fingerprint density at radius 3 is 2.44 bits per heavy atom. The smallest absolute Gasteiger partial charge is 0.231 e. The highest BCUT2D eigenvalue weighted by Crippen LogP contribution is 2.47. The lowest BCUT2D eigenvalue weighted by molar-refractivity contribution is -0.116. The number of amides is 1. The van der Waals surface area contributed by atoms with Gasteiger partial charge >= 0.3 is 0 Å². The van der Waals surface area contributed by atoms with Gasteiger partial charge in [-0.15, -0.1) is 0 Å². The van der Waals surface area contributed by atoms with E-state index < -0.39 is 0 Å². The van der Waals surface area contributed by atoms with Crippen LogP contribution in [0.4, 0.5) is 5.69 Å². The van der Waals surface area contributed by atoms with Crippen LogP contribution in [0.25, 0.3) is 0 Å². The summed E-state index contributed by atoms with van der Waals surface area (Å²) in [5.41, 5.74) is 2.66. The van der Waals surface area contributed by atoms with Crippen LogP contribution in [-0.2, 0) is 4.79 Å². The first-order chi connectivity index (χ1) is 12.1. The summed E-state index contributed by atoms with van der Waals surface area (Å²) < 4.78 is 22.5. The summed E-state index contributed by atoms with van der Waals surface area (Å²) >= 11 is 3.60. The molecule has 0 aliphatic carbocycles. The zero-order valence-corrected chi connectivity index (χ0v) is 15.3. The van der Waals surface area contributed by atoms with Crippen LogP contribution in [0, 0.1) is 0 Å². The molecule has 1 N–H and O–H groups in total. The fourth-order valence-corrected chi connectivity index (χ4v) is 3.86. The molecule has 2 aliphatic rings. The first-order valence-corrected chi connectivity index (χ1v) is 8.55. The van der Waals surface area contributed by atoms with Crippen molar-refractivity contribution in [1.82, 2.24) is 0 Å². The molecule has 0 aromatic heterocycles. The van der Waals surface area contributed by atoms with Crippen molar-refractivity contribution < 1.29 is 23.7 Å². The minimum atomic E-state index is -0.132. The van der Waals surface area contributed by atoms with Crippen LogP contribution in [0.2, 0.25) is 0 Å². The second kappa shape index (κ2) is 6.15. The average molecular weight is 406 g/mol.